The molecule has 3 rings (SSSR count). The summed E-state index contributed by atoms with van der Waals surface area (Å²) < 4.78 is 12.9. The number of nitrogens with one attached hydrogen (secondary N) is 2. The van der Waals surface area contributed by atoms with E-state index >= 15 is 0 Å². The van der Waals surface area contributed by atoms with E-state index in [1.54, 1.807) is 12.1 Å². The summed E-state index contributed by atoms with van der Waals surface area (Å²) in [6.07, 6.45) is 0. The highest BCUT2D eigenvalue weighted by Crippen LogP contribution is 2.18. The molecule has 2 N–H and O–H groups in total. The maximum Gasteiger partial charge on any atom is 0.136 e. The first-order valence-corrected chi connectivity index (χ1v) is 7.76. The van der Waals surface area contributed by atoms with E-state index in [1.807, 2.05) is 38.1 Å². The first-order chi connectivity index (χ1) is 11.6. The maximum absolute atomic E-state index is 12.9. The predicted octanol–water partition coefficient (Wildman–Crippen LogP) is 4.59. The van der Waals surface area contributed by atoms with Crippen LogP contribution in [0.15, 0.2) is 54.6 Å². The zero-order chi connectivity index (χ0) is 16.9. The molecule has 122 valence electrons. The molecule has 0 bridgehead atoms. The Morgan fingerprint density at radius 3 is 2.42 bits per heavy atom. The van der Waals surface area contributed by atoms with E-state index in [0.29, 0.717) is 12.4 Å². The van der Waals surface area contributed by atoms with Gasteiger partial charge in [0, 0.05) is 18.3 Å². The number of anilines is 3. The number of halogens is 1. The molecule has 3 aromatic rings. The van der Waals surface area contributed by atoms with Gasteiger partial charge < -0.3 is 10.6 Å². The lowest BCUT2D eigenvalue weighted by atomic mass is 10.2. The fourth-order valence-corrected chi connectivity index (χ4v) is 2.39. The van der Waals surface area contributed by atoms with Crippen molar-refractivity contribution in [1.29, 1.82) is 0 Å². The Bertz CT molecular complexity index is 831. The zero-order valence-electron chi connectivity index (χ0n) is 13.7. The third kappa shape index (κ3) is 4.29. The highest BCUT2D eigenvalue weighted by atomic mass is 19.1. The van der Waals surface area contributed by atoms with E-state index < -0.39 is 0 Å². The lowest BCUT2D eigenvalue weighted by Gasteiger charge is -2.11. The number of benzene rings is 2. The van der Waals surface area contributed by atoms with Gasteiger partial charge in [0.1, 0.15) is 23.3 Å². The Hall–Kier alpha value is -2.95. The van der Waals surface area contributed by atoms with Crippen LogP contribution in [-0.4, -0.2) is 9.97 Å². The molecule has 0 aliphatic heterocycles. The molecule has 0 saturated carbocycles. The van der Waals surface area contributed by atoms with Crippen LogP contribution in [0.1, 0.15) is 17.0 Å². The van der Waals surface area contributed by atoms with Crippen LogP contribution < -0.4 is 10.6 Å². The third-order valence-corrected chi connectivity index (χ3v) is 3.52. The number of nitrogens with zero attached hydrogens (tertiary/aromatic N) is 2. The molecule has 0 fully saturated rings. The van der Waals surface area contributed by atoms with Crippen LogP contribution in [0.4, 0.5) is 21.7 Å². The highest BCUT2D eigenvalue weighted by molar-refractivity contribution is 5.59. The molecule has 0 spiro atoms. The van der Waals surface area contributed by atoms with Crippen molar-refractivity contribution in [2.75, 3.05) is 10.6 Å². The predicted molar refractivity (Wildman–Crippen MR) is 95.0 cm³/mol. The zero-order valence-corrected chi connectivity index (χ0v) is 13.7. The topological polar surface area (TPSA) is 49.8 Å². The monoisotopic (exact) mass is 322 g/mol. The summed E-state index contributed by atoms with van der Waals surface area (Å²) >= 11 is 0. The van der Waals surface area contributed by atoms with E-state index in [9.17, 15) is 4.39 Å². The standard InChI is InChI=1S/C19H19FN4/c1-13-4-3-5-17(10-13)24-19-11-18(22-14(2)23-19)21-12-15-6-8-16(20)9-7-15/h3-11H,12H2,1-2H3,(H2,21,22,23,24). The van der Waals surface area contributed by atoms with Gasteiger partial charge >= 0.3 is 0 Å². The van der Waals surface area contributed by atoms with Crippen LogP contribution in [-0.2, 0) is 6.54 Å². The molecule has 0 aliphatic carbocycles. The first-order valence-electron chi connectivity index (χ1n) is 7.76. The second kappa shape index (κ2) is 7.08. The minimum atomic E-state index is -0.235. The highest BCUT2D eigenvalue weighted by Gasteiger charge is 2.03. The number of hydrogen-bond acceptors (Lipinski definition) is 4. The van der Waals surface area contributed by atoms with Crippen molar-refractivity contribution in [3.63, 3.8) is 0 Å². The van der Waals surface area contributed by atoms with Gasteiger partial charge in [-0.1, -0.05) is 24.3 Å². The van der Waals surface area contributed by atoms with Crippen LogP contribution in [0.5, 0.6) is 0 Å². The lowest BCUT2D eigenvalue weighted by Crippen LogP contribution is -2.05. The van der Waals surface area contributed by atoms with Crippen molar-refractivity contribution < 1.29 is 4.39 Å². The van der Waals surface area contributed by atoms with Gasteiger partial charge in [0.15, 0.2) is 0 Å². The number of hydrogen-bond donors (Lipinski definition) is 2. The first kappa shape index (κ1) is 15.9. The molecule has 0 radical (unpaired) electrons. The number of aryl methyl sites for hydroxylation is 2. The normalized spacial score (nSPS) is 10.5. The largest absolute Gasteiger partial charge is 0.366 e. The smallest absolute Gasteiger partial charge is 0.136 e. The fraction of sp³-hybridized carbons (Fsp3) is 0.158. The molecule has 0 aliphatic rings. The van der Waals surface area contributed by atoms with Crippen molar-refractivity contribution in [3.05, 3.63) is 77.4 Å². The van der Waals surface area contributed by atoms with E-state index in [2.05, 4.69) is 26.7 Å². The number of rotatable bonds is 5. The molecule has 24 heavy (non-hydrogen) atoms. The Balaban J connectivity index is 1.72. The molecule has 0 unspecified atom stereocenters. The van der Waals surface area contributed by atoms with Crippen molar-refractivity contribution >= 4 is 17.3 Å². The van der Waals surface area contributed by atoms with E-state index in [-0.39, 0.29) is 5.82 Å². The Morgan fingerprint density at radius 2 is 1.67 bits per heavy atom. The van der Waals surface area contributed by atoms with Crippen molar-refractivity contribution in [1.82, 2.24) is 9.97 Å². The van der Waals surface area contributed by atoms with Gasteiger partial charge in [-0.15, -0.1) is 0 Å². The summed E-state index contributed by atoms with van der Waals surface area (Å²) in [5, 5.41) is 6.54. The maximum atomic E-state index is 12.9. The van der Waals surface area contributed by atoms with Crippen molar-refractivity contribution in [2.24, 2.45) is 0 Å². The average molecular weight is 322 g/mol. The summed E-state index contributed by atoms with van der Waals surface area (Å²) in [4.78, 5) is 8.80. The second-order valence-electron chi connectivity index (χ2n) is 5.66. The molecule has 4 nitrogen and oxygen atoms in total. The molecule has 1 aromatic heterocycles. The van der Waals surface area contributed by atoms with Gasteiger partial charge in [0.2, 0.25) is 0 Å². The van der Waals surface area contributed by atoms with Crippen LogP contribution in [0.25, 0.3) is 0 Å². The third-order valence-electron chi connectivity index (χ3n) is 3.52. The average Bonchev–Trinajstić information content (AvgIpc) is 2.54. The molecular weight excluding hydrogens is 303 g/mol. The fourth-order valence-electron chi connectivity index (χ4n) is 2.39. The van der Waals surface area contributed by atoms with Gasteiger partial charge in [-0.3, -0.25) is 0 Å². The summed E-state index contributed by atoms with van der Waals surface area (Å²) in [5.74, 6) is 1.90. The van der Waals surface area contributed by atoms with Crippen LogP contribution in [0.3, 0.4) is 0 Å². The minimum absolute atomic E-state index is 0.235. The number of aromatic nitrogens is 2. The molecule has 1 heterocycles. The van der Waals surface area contributed by atoms with E-state index in [4.69, 9.17) is 0 Å². The molecule has 2 aromatic carbocycles. The van der Waals surface area contributed by atoms with Gasteiger partial charge in [-0.25, -0.2) is 14.4 Å². The molecule has 0 atom stereocenters. The molecular formula is C19H19FN4. The van der Waals surface area contributed by atoms with Crippen molar-refractivity contribution in [2.45, 2.75) is 20.4 Å². The van der Waals surface area contributed by atoms with E-state index in [0.717, 1.165) is 22.9 Å². The van der Waals surface area contributed by atoms with Crippen LogP contribution in [0.2, 0.25) is 0 Å². The van der Waals surface area contributed by atoms with Gasteiger partial charge in [-0.2, -0.15) is 0 Å². The summed E-state index contributed by atoms with van der Waals surface area (Å²) in [6.45, 7) is 4.47. The van der Waals surface area contributed by atoms with E-state index in [1.165, 1.54) is 17.7 Å². The summed E-state index contributed by atoms with van der Waals surface area (Å²) in [6, 6.07) is 16.4. The molecule has 0 saturated heterocycles. The summed E-state index contributed by atoms with van der Waals surface area (Å²) in [5.41, 5.74) is 3.15. The summed E-state index contributed by atoms with van der Waals surface area (Å²) in [7, 11) is 0. The molecule has 0 amide bonds. The van der Waals surface area contributed by atoms with Crippen LogP contribution >= 0.6 is 0 Å². The minimum Gasteiger partial charge on any atom is -0.366 e. The quantitative estimate of drug-likeness (QED) is 0.721. The lowest BCUT2D eigenvalue weighted by molar-refractivity contribution is 0.627. The SMILES string of the molecule is Cc1cccc(Nc2cc(NCc3ccc(F)cc3)nc(C)n2)c1. The van der Waals surface area contributed by atoms with Gasteiger partial charge in [0.25, 0.3) is 0 Å². The van der Waals surface area contributed by atoms with Gasteiger partial charge in [-0.05, 0) is 49.2 Å². The Labute approximate surface area is 140 Å². The van der Waals surface area contributed by atoms with Gasteiger partial charge in [0.05, 0.1) is 0 Å². The van der Waals surface area contributed by atoms with Crippen molar-refractivity contribution in [3.8, 4) is 0 Å². The Kier molecular flexibility index (Phi) is 4.70. The Morgan fingerprint density at radius 1 is 0.917 bits per heavy atom. The second-order valence-corrected chi connectivity index (χ2v) is 5.66. The van der Waals surface area contributed by atoms with Crippen LogP contribution in [0, 0.1) is 19.7 Å². The molecule has 5 heteroatoms.